The molecule has 1 aromatic heterocycles. The number of anilines is 2. The Morgan fingerprint density at radius 2 is 1.67 bits per heavy atom. The lowest BCUT2D eigenvalue weighted by atomic mass is 9.92. The normalized spacial score (nSPS) is 14.7. The molecular weight excluding hydrogens is 338 g/mol. The molecule has 27 heavy (non-hydrogen) atoms. The maximum atomic E-state index is 12.6. The van der Waals surface area contributed by atoms with Crippen molar-refractivity contribution < 1.29 is 9.53 Å². The molecule has 1 aromatic carbocycles. The van der Waals surface area contributed by atoms with Gasteiger partial charge in [0.25, 0.3) is 5.91 Å². The first kappa shape index (κ1) is 19.4. The van der Waals surface area contributed by atoms with Crippen molar-refractivity contribution in [3.63, 3.8) is 0 Å². The van der Waals surface area contributed by atoms with Crippen molar-refractivity contribution in [2.45, 2.75) is 39.5 Å². The minimum atomic E-state index is 0.0165. The lowest BCUT2D eigenvalue weighted by Gasteiger charge is -2.26. The molecule has 1 aliphatic rings. The van der Waals surface area contributed by atoms with Crippen LogP contribution in [0.5, 0.6) is 0 Å². The summed E-state index contributed by atoms with van der Waals surface area (Å²) in [4.78, 5) is 18.9. The van der Waals surface area contributed by atoms with Gasteiger partial charge in [-0.2, -0.15) is 0 Å². The van der Waals surface area contributed by atoms with Crippen LogP contribution in [0.3, 0.4) is 0 Å². The minimum absolute atomic E-state index is 0.0165. The van der Waals surface area contributed by atoms with Gasteiger partial charge in [-0.1, -0.05) is 45.9 Å². The Hall–Kier alpha value is -2.40. The van der Waals surface area contributed by atoms with E-state index in [1.54, 1.807) is 6.20 Å². The second kappa shape index (κ2) is 8.53. The van der Waals surface area contributed by atoms with Crippen LogP contribution >= 0.6 is 0 Å². The van der Waals surface area contributed by atoms with Crippen LogP contribution in [-0.2, 0) is 4.74 Å². The zero-order chi connectivity index (χ0) is 19.4. The number of hydrogen-bond acceptors (Lipinski definition) is 4. The molecule has 2 aromatic rings. The van der Waals surface area contributed by atoms with E-state index in [2.05, 4.69) is 56.2 Å². The molecule has 0 unspecified atom stereocenters. The summed E-state index contributed by atoms with van der Waals surface area (Å²) in [7, 11) is 0. The smallest absolute Gasteiger partial charge is 0.255 e. The van der Waals surface area contributed by atoms with Crippen LogP contribution in [0.25, 0.3) is 0 Å². The number of aromatic nitrogens is 1. The van der Waals surface area contributed by atoms with E-state index in [9.17, 15) is 4.79 Å². The van der Waals surface area contributed by atoms with E-state index in [0.717, 1.165) is 11.5 Å². The van der Waals surface area contributed by atoms with Gasteiger partial charge in [-0.05, 0) is 35.1 Å². The molecule has 1 N–H and O–H groups in total. The van der Waals surface area contributed by atoms with Gasteiger partial charge in [-0.15, -0.1) is 0 Å². The van der Waals surface area contributed by atoms with Gasteiger partial charge in [-0.25, -0.2) is 4.98 Å². The highest BCUT2D eigenvalue weighted by molar-refractivity contribution is 5.94. The van der Waals surface area contributed by atoms with Gasteiger partial charge in [0.15, 0.2) is 0 Å². The Labute approximate surface area is 161 Å². The molecular formula is C22H29N3O2. The molecule has 1 aliphatic heterocycles. The number of carbonyl (C=O) groups excluding carboxylic acids is 1. The van der Waals surface area contributed by atoms with Gasteiger partial charge < -0.3 is 15.0 Å². The monoisotopic (exact) mass is 367 g/mol. The third-order valence-electron chi connectivity index (χ3n) is 4.93. The maximum Gasteiger partial charge on any atom is 0.255 e. The molecule has 1 saturated heterocycles. The lowest BCUT2D eigenvalue weighted by Crippen LogP contribution is -2.40. The number of para-hydroxylation sites is 1. The van der Waals surface area contributed by atoms with E-state index in [4.69, 9.17) is 4.74 Å². The van der Waals surface area contributed by atoms with Gasteiger partial charge in [0.1, 0.15) is 5.82 Å². The molecule has 0 aliphatic carbocycles. The standard InChI is InChI=1S/C22H29N3O2/c1-15(2)18-6-5-7-19(16(3)4)21(18)24-20-9-8-17(14-23-20)22(26)25-10-12-27-13-11-25/h5-9,14-16H,10-13H2,1-4H3,(H,23,24). The summed E-state index contributed by atoms with van der Waals surface area (Å²) in [5.41, 5.74) is 4.29. The lowest BCUT2D eigenvalue weighted by molar-refractivity contribution is 0.0302. The number of benzene rings is 1. The average Bonchev–Trinajstić information content (AvgIpc) is 2.68. The summed E-state index contributed by atoms with van der Waals surface area (Å²) in [6.45, 7) is 11.3. The van der Waals surface area contributed by atoms with Gasteiger partial charge in [0, 0.05) is 25.0 Å². The summed E-state index contributed by atoms with van der Waals surface area (Å²) >= 11 is 0. The number of carbonyl (C=O) groups is 1. The molecule has 0 saturated carbocycles. The number of nitrogens with one attached hydrogen (secondary N) is 1. The number of rotatable bonds is 5. The van der Waals surface area contributed by atoms with E-state index < -0.39 is 0 Å². The summed E-state index contributed by atoms with van der Waals surface area (Å²) in [6, 6.07) is 10.2. The fourth-order valence-electron chi connectivity index (χ4n) is 3.37. The number of nitrogens with zero attached hydrogens (tertiary/aromatic N) is 2. The van der Waals surface area contributed by atoms with E-state index in [-0.39, 0.29) is 5.91 Å². The first-order valence-corrected chi connectivity index (χ1v) is 9.70. The van der Waals surface area contributed by atoms with Crippen LogP contribution in [-0.4, -0.2) is 42.1 Å². The Bertz CT molecular complexity index is 752. The Morgan fingerprint density at radius 3 is 2.19 bits per heavy atom. The Kier molecular flexibility index (Phi) is 6.11. The third-order valence-corrected chi connectivity index (χ3v) is 4.93. The highest BCUT2D eigenvalue weighted by Crippen LogP contribution is 2.34. The van der Waals surface area contributed by atoms with Crippen molar-refractivity contribution in [2.75, 3.05) is 31.6 Å². The molecule has 1 amide bonds. The van der Waals surface area contributed by atoms with Crippen molar-refractivity contribution in [2.24, 2.45) is 0 Å². The molecule has 0 radical (unpaired) electrons. The number of hydrogen-bond donors (Lipinski definition) is 1. The molecule has 0 bridgehead atoms. The summed E-state index contributed by atoms with van der Waals surface area (Å²) in [5, 5.41) is 3.49. The van der Waals surface area contributed by atoms with Crippen molar-refractivity contribution in [1.82, 2.24) is 9.88 Å². The van der Waals surface area contributed by atoms with Crippen molar-refractivity contribution in [1.29, 1.82) is 0 Å². The molecule has 144 valence electrons. The second-order valence-corrected chi connectivity index (χ2v) is 7.58. The highest BCUT2D eigenvalue weighted by atomic mass is 16.5. The molecule has 3 rings (SSSR count). The first-order chi connectivity index (χ1) is 13.0. The Morgan fingerprint density at radius 1 is 1.04 bits per heavy atom. The Balaban J connectivity index is 1.82. The van der Waals surface area contributed by atoms with Crippen LogP contribution < -0.4 is 5.32 Å². The van der Waals surface area contributed by atoms with E-state index in [1.165, 1.54) is 11.1 Å². The summed E-state index contributed by atoms with van der Waals surface area (Å²) in [6.07, 6.45) is 1.66. The van der Waals surface area contributed by atoms with Crippen LogP contribution in [0.4, 0.5) is 11.5 Å². The third kappa shape index (κ3) is 4.48. The van der Waals surface area contributed by atoms with Crippen molar-refractivity contribution in [3.05, 3.63) is 53.2 Å². The van der Waals surface area contributed by atoms with Gasteiger partial charge in [-0.3, -0.25) is 4.79 Å². The molecule has 5 heteroatoms. The quantitative estimate of drug-likeness (QED) is 0.843. The predicted octanol–water partition coefficient (Wildman–Crippen LogP) is 4.54. The molecule has 5 nitrogen and oxygen atoms in total. The first-order valence-electron chi connectivity index (χ1n) is 9.70. The van der Waals surface area contributed by atoms with E-state index in [1.807, 2.05) is 17.0 Å². The molecule has 0 spiro atoms. The van der Waals surface area contributed by atoms with Crippen LogP contribution in [0.15, 0.2) is 36.5 Å². The predicted molar refractivity (Wildman–Crippen MR) is 109 cm³/mol. The van der Waals surface area contributed by atoms with Gasteiger partial charge in [0.2, 0.25) is 0 Å². The highest BCUT2D eigenvalue weighted by Gasteiger charge is 2.19. The van der Waals surface area contributed by atoms with Gasteiger partial charge in [0.05, 0.1) is 18.8 Å². The topological polar surface area (TPSA) is 54.5 Å². The van der Waals surface area contributed by atoms with Gasteiger partial charge >= 0.3 is 0 Å². The maximum absolute atomic E-state index is 12.6. The van der Waals surface area contributed by atoms with E-state index in [0.29, 0.717) is 43.7 Å². The summed E-state index contributed by atoms with van der Waals surface area (Å²) < 4.78 is 5.31. The second-order valence-electron chi connectivity index (χ2n) is 7.58. The number of ether oxygens (including phenoxy) is 1. The molecule has 2 heterocycles. The largest absolute Gasteiger partial charge is 0.378 e. The number of pyridine rings is 1. The fourth-order valence-corrected chi connectivity index (χ4v) is 3.37. The fraction of sp³-hybridized carbons (Fsp3) is 0.455. The zero-order valence-electron chi connectivity index (χ0n) is 16.7. The molecule has 1 fully saturated rings. The van der Waals surface area contributed by atoms with E-state index >= 15 is 0 Å². The zero-order valence-corrected chi connectivity index (χ0v) is 16.7. The molecule has 0 atom stereocenters. The number of amides is 1. The van der Waals surface area contributed by atoms with Crippen molar-refractivity contribution in [3.8, 4) is 0 Å². The average molecular weight is 367 g/mol. The summed E-state index contributed by atoms with van der Waals surface area (Å²) in [5.74, 6) is 1.59. The number of morpholine rings is 1. The van der Waals surface area contributed by atoms with Crippen LogP contribution in [0.1, 0.15) is 61.0 Å². The SMILES string of the molecule is CC(C)c1cccc(C(C)C)c1Nc1ccc(C(=O)N2CCOCC2)cn1. The van der Waals surface area contributed by atoms with Crippen molar-refractivity contribution >= 4 is 17.4 Å². The minimum Gasteiger partial charge on any atom is -0.378 e. The van der Waals surface area contributed by atoms with Crippen LogP contribution in [0, 0.1) is 0 Å². The van der Waals surface area contributed by atoms with Crippen LogP contribution in [0.2, 0.25) is 0 Å².